The molecule has 0 radical (unpaired) electrons. The summed E-state index contributed by atoms with van der Waals surface area (Å²) in [7, 11) is 0. The van der Waals surface area contributed by atoms with Gasteiger partial charge in [0.05, 0.1) is 35.5 Å². The van der Waals surface area contributed by atoms with Crippen LogP contribution in [0.1, 0.15) is 157 Å². The Labute approximate surface area is 412 Å². The van der Waals surface area contributed by atoms with Crippen molar-refractivity contribution < 1.29 is 47.6 Å². The highest BCUT2D eigenvalue weighted by atomic mass is 16.5. The molecule has 6 rings (SSSR count). The van der Waals surface area contributed by atoms with Crippen LogP contribution in [0.4, 0.5) is 0 Å². The lowest BCUT2D eigenvalue weighted by atomic mass is 10.0. The summed E-state index contributed by atoms with van der Waals surface area (Å²) in [5.74, 6) is 0.320. The Morgan fingerprint density at radius 1 is 0.414 bits per heavy atom. The van der Waals surface area contributed by atoms with Gasteiger partial charge in [-0.3, -0.25) is 0 Å². The standard InChI is InChI=1S/C60H66O10/c1-4-6-8-10-12-14-16-18-20-42-66-51-31-22-46(23-32-51)57(61)67-52-35-26-48(27-36-52)59(63)69-54-39-21-45-30-40-56(44(3)55(45)43-54)70-60(64)49-28-37-53(38-29-49)68-58(62)47-24-33-50(34-25-47)65-41-19-17-15-13-11-9-7-5-2/h4,21-40,43H,1,5-20,41-42H2,2-3H3. The minimum atomic E-state index is -0.603. The molecular formula is C60H66O10. The molecule has 0 N–H and O–H groups in total. The summed E-state index contributed by atoms with van der Waals surface area (Å²) in [5, 5.41) is 1.57. The van der Waals surface area contributed by atoms with Crippen molar-refractivity contribution in [3.8, 4) is 34.5 Å². The van der Waals surface area contributed by atoms with Gasteiger partial charge in [0, 0.05) is 0 Å². The van der Waals surface area contributed by atoms with Crippen LogP contribution in [-0.2, 0) is 0 Å². The van der Waals surface area contributed by atoms with Crippen molar-refractivity contribution in [1.29, 1.82) is 0 Å². The summed E-state index contributed by atoms with van der Waals surface area (Å²) in [4.78, 5) is 52.1. The number of ether oxygens (including phenoxy) is 6. The summed E-state index contributed by atoms with van der Waals surface area (Å²) in [6.45, 7) is 9.08. The largest absolute Gasteiger partial charge is 0.494 e. The van der Waals surface area contributed by atoms with Crippen LogP contribution < -0.4 is 28.4 Å². The molecule has 366 valence electrons. The Hall–Kier alpha value is -7.20. The van der Waals surface area contributed by atoms with Gasteiger partial charge in [-0.05, 0) is 164 Å². The first kappa shape index (κ1) is 52.2. The Kier molecular flexibility index (Phi) is 21.1. The van der Waals surface area contributed by atoms with E-state index in [9.17, 15) is 19.2 Å². The van der Waals surface area contributed by atoms with Crippen LogP contribution in [0.2, 0.25) is 0 Å². The average molecular weight is 947 g/mol. The maximum Gasteiger partial charge on any atom is 0.343 e. The Bertz CT molecular complexity index is 2600. The van der Waals surface area contributed by atoms with Crippen LogP contribution in [0.3, 0.4) is 0 Å². The van der Waals surface area contributed by atoms with Crippen molar-refractivity contribution in [3.63, 3.8) is 0 Å². The number of carbonyl (C=O) groups is 4. The molecule has 0 saturated heterocycles. The number of fused-ring (bicyclic) bond motifs is 1. The number of aryl methyl sites for hydroxylation is 1. The molecule has 0 heterocycles. The van der Waals surface area contributed by atoms with Crippen molar-refractivity contribution in [3.05, 3.63) is 168 Å². The van der Waals surface area contributed by atoms with Crippen LogP contribution in [0, 0.1) is 6.92 Å². The van der Waals surface area contributed by atoms with Gasteiger partial charge in [-0.1, -0.05) is 102 Å². The van der Waals surface area contributed by atoms with Crippen molar-refractivity contribution in [1.82, 2.24) is 0 Å². The highest BCUT2D eigenvalue weighted by molar-refractivity contribution is 5.96. The predicted molar refractivity (Wildman–Crippen MR) is 275 cm³/mol. The van der Waals surface area contributed by atoms with Crippen molar-refractivity contribution in [2.75, 3.05) is 13.2 Å². The molecule has 0 aliphatic rings. The highest BCUT2D eigenvalue weighted by Gasteiger charge is 2.17. The molecular weight excluding hydrogens is 881 g/mol. The van der Waals surface area contributed by atoms with E-state index in [-0.39, 0.29) is 22.6 Å². The quantitative estimate of drug-likeness (QED) is 0.0194. The van der Waals surface area contributed by atoms with E-state index in [0.29, 0.717) is 52.9 Å². The smallest absolute Gasteiger partial charge is 0.343 e. The lowest BCUT2D eigenvalue weighted by Crippen LogP contribution is -2.11. The van der Waals surface area contributed by atoms with Crippen LogP contribution in [0.15, 0.2) is 140 Å². The summed E-state index contributed by atoms with van der Waals surface area (Å²) in [6.07, 6.45) is 21.2. The Morgan fingerprint density at radius 2 is 0.771 bits per heavy atom. The Balaban J connectivity index is 0.929. The number of carbonyl (C=O) groups excluding carboxylic acids is 4. The van der Waals surface area contributed by atoms with Gasteiger partial charge in [-0.2, -0.15) is 0 Å². The molecule has 0 amide bonds. The minimum absolute atomic E-state index is 0.258. The van der Waals surface area contributed by atoms with E-state index < -0.39 is 23.9 Å². The first-order valence-corrected chi connectivity index (χ1v) is 24.9. The van der Waals surface area contributed by atoms with Crippen LogP contribution >= 0.6 is 0 Å². The summed E-state index contributed by atoms with van der Waals surface area (Å²) < 4.78 is 34.3. The molecule has 0 fully saturated rings. The number of esters is 4. The van der Waals surface area contributed by atoms with Crippen molar-refractivity contribution in [2.45, 2.75) is 117 Å². The molecule has 0 aliphatic carbocycles. The zero-order chi connectivity index (χ0) is 49.3. The number of hydrogen-bond acceptors (Lipinski definition) is 10. The summed E-state index contributed by atoms with van der Waals surface area (Å²) in [5.41, 5.74) is 1.94. The van der Waals surface area contributed by atoms with Gasteiger partial charge in [0.1, 0.15) is 34.5 Å². The van der Waals surface area contributed by atoms with Crippen LogP contribution in [0.25, 0.3) is 10.8 Å². The second kappa shape index (κ2) is 28.3. The molecule has 0 saturated carbocycles. The van der Waals surface area contributed by atoms with E-state index in [1.54, 1.807) is 66.7 Å². The molecule has 6 aromatic carbocycles. The fourth-order valence-corrected chi connectivity index (χ4v) is 7.84. The molecule has 10 heteroatoms. The van der Waals surface area contributed by atoms with E-state index in [1.807, 2.05) is 25.1 Å². The summed E-state index contributed by atoms with van der Waals surface area (Å²) in [6, 6.07) is 34.7. The zero-order valence-corrected chi connectivity index (χ0v) is 40.7. The van der Waals surface area contributed by atoms with Gasteiger partial charge >= 0.3 is 23.9 Å². The third-order valence-electron chi connectivity index (χ3n) is 12.0. The monoisotopic (exact) mass is 946 g/mol. The maximum atomic E-state index is 13.2. The van der Waals surface area contributed by atoms with Crippen molar-refractivity contribution in [2.24, 2.45) is 0 Å². The van der Waals surface area contributed by atoms with Gasteiger partial charge in [0.2, 0.25) is 0 Å². The van der Waals surface area contributed by atoms with Crippen molar-refractivity contribution >= 4 is 34.6 Å². The lowest BCUT2D eigenvalue weighted by Gasteiger charge is -2.12. The van der Waals surface area contributed by atoms with Gasteiger partial charge in [-0.25, -0.2) is 19.2 Å². The normalized spacial score (nSPS) is 10.9. The SMILES string of the molecule is C=CCCCCCCCCCOc1ccc(C(=O)Oc2ccc(C(=O)Oc3ccc4ccc(OC(=O)c5ccc(OC(=O)c6ccc(OCCCCCCCCCC)cc6)cc5)c(C)c4c3)cc2)cc1. The average Bonchev–Trinajstić information content (AvgIpc) is 3.38. The van der Waals surface area contributed by atoms with Crippen LogP contribution in [-0.4, -0.2) is 37.1 Å². The van der Waals surface area contributed by atoms with Gasteiger partial charge in [0.25, 0.3) is 0 Å². The topological polar surface area (TPSA) is 124 Å². The van der Waals surface area contributed by atoms with E-state index >= 15 is 0 Å². The number of allylic oxidation sites excluding steroid dienone is 1. The second-order valence-electron chi connectivity index (χ2n) is 17.5. The lowest BCUT2D eigenvalue weighted by molar-refractivity contribution is 0.0720. The van der Waals surface area contributed by atoms with E-state index in [2.05, 4.69) is 13.5 Å². The third-order valence-corrected chi connectivity index (χ3v) is 12.0. The Morgan fingerprint density at radius 3 is 1.21 bits per heavy atom. The molecule has 10 nitrogen and oxygen atoms in total. The number of benzene rings is 6. The van der Waals surface area contributed by atoms with E-state index in [0.717, 1.165) is 42.9 Å². The predicted octanol–water partition coefficient (Wildman–Crippen LogP) is 15.2. The number of hydrogen-bond donors (Lipinski definition) is 0. The number of unbranched alkanes of at least 4 members (excludes halogenated alkanes) is 14. The van der Waals surface area contributed by atoms with Gasteiger partial charge < -0.3 is 28.4 Å². The molecule has 0 aliphatic heterocycles. The minimum Gasteiger partial charge on any atom is -0.494 e. The highest BCUT2D eigenvalue weighted by Crippen LogP contribution is 2.32. The summed E-state index contributed by atoms with van der Waals surface area (Å²) >= 11 is 0. The first-order chi connectivity index (χ1) is 34.2. The zero-order valence-electron chi connectivity index (χ0n) is 40.7. The van der Waals surface area contributed by atoms with E-state index in [1.165, 1.54) is 119 Å². The molecule has 0 spiro atoms. The molecule has 0 bridgehead atoms. The molecule has 0 aromatic heterocycles. The maximum absolute atomic E-state index is 13.2. The van der Waals surface area contributed by atoms with E-state index in [4.69, 9.17) is 28.4 Å². The molecule has 0 unspecified atom stereocenters. The molecule has 70 heavy (non-hydrogen) atoms. The first-order valence-electron chi connectivity index (χ1n) is 24.9. The van der Waals surface area contributed by atoms with Gasteiger partial charge in [-0.15, -0.1) is 6.58 Å². The van der Waals surface area contributed by atoms with Crippen LogP contribution in [0.5, 0.6) is 34.5 Å². The fourth-order valence-electron chi connectivity index (χ4n) is 7.84. The molecule has 6 aromatic rings. The third kappa shape index (κ3) is 16.8. The van der Waals surface area contributed by atoms with Gasteiger partial charge in [0.15, 0.2) is 0 Å². The fraction of sp³-hybridized carbons (Fsp3) is 0.333. The second-order valence-corrected chi connectivity index (χ2v) is 17.5. The number of rotatable bonds is 29. The molecule has 0 atom stereocenters.